The van der Waals surface area contributed by atoms with Crippen LogP contribution in [0.1, 0.15) is 0 Å². The van der Waals surface area contributed by atoms with Gasteiger partial charge < -0.3 is 15.3 Å². The van der Waals surface area contributed by atoms with Crippen LogP contribution in [-0.4, -0.2) is 68.7 Å². The lowest BCUT2D eigenvalue weighted by molar-refractivity contribution is 0.189. The Morgan fingerprint density at radius 1 is 0.974 bits per heavy atom. The second-order valence-corrected chi connectivity index (χ2v) is 10.6. The van der Waals surface area contributed by atoms with Crippen molar-refractivity contribution >= 4 is 45.2 Å². The van der Waals surface area contributed by atoms with Crippen LogP contribution >= 0.6 is 22.9 Å². The van der Waals surface area contributed by atoms with Crippen molar-refractivity contribution in [1.29, 1.82) is 0 Å². The van der Waals surface area contributed by atoms with Gasteiger partial charge in [0.2, 0.25) is 5.95 Å². The van der Waals surface area contributed by atoms with E-state index < -0.39 is 0 Å². The number of nitrogens with one attached hydrogen (secondary N) is 1. The van der Waals surface area contributed by atoms with Crippen LogP contribution in [0.25, 0.3) is 26.8 Å². The van der Waals surface area contributed by atoms with E-state index in [1.54, 1.807) is 16.7 Å². The van der Waals surface area contributed by atoms with Gasteiger partial charge in [-0.2, -0.15) is 0 Å². The van der Waals surface area contributed by atoms with Crippen molar-refractivity contribution in [1.82, 2.24) is 24.3 Å². The number of hydrogen-bond acceptors (Lipinski definition) is 9. The summed E-state index contributed by atoms with van der Waals surface area (Å²) in [5, 5.41) is 13.1. The Kier molecular flexibility index (Phi) is 7.25. The molecule has 0 bridgehead atoms. The molecule has 9 nitrogen and oxygen atoms in total. The molecule has 5 aromatic rings. The molecule has 2 N–H and O–H groups in total. The molecule has 0 amide bonds. The predicted octanol–water partition coefficient (Wildman–Crippen LogP) is 4.39. The smallest absolute Gasteiger partial charge is 0.258 e. The predicted molar refractivity (Wildman–Crippen MR) is 156 cm³/mol. The number of aliphatic hydroxyl groups excluding tert-OH is 1. The second-order valence-electron chi connectivity index (χ2n) is 9.18. The molecule has 0 saturated carbocycles. The third-order valence-corrected chi connectivity index (χ3v) is 8.00. The monoisotopic (exact) mass is 559 g/mol. The number of aliphatic hydroxyl groups is 1. The largest absolute Gasteiger partial charge is 0.395 e. The van der Waals surface area contributed by atoms with Crippen molar-refractivity contribution in [3.63, 3.8) is 0 Å². The molecule has 1 saturated heterocycles. The number of halogens is 1. The van der Waals surface area contributed by atoms with Crippen molar-refractivity contribution < 1.29 is 5.11 Å². The summed E-state index contributed by atoms with van der Waals surface area (Å²) >= 11 is 7.70. The quantitative estimate of drug-likeness (QED) is 0.303. The number of β-amino-alcohol motifs (C(OH)–C–C–N with tert-alkyl or cyclic N) is 1. The number of thiazole rings is 1. The number of fused-ring (bicyclic) bond motifs is 1. The second kappa shape index (κ2) is 11.1. The molecule has 4 heterocycles. The Bertz CT molecular complexity index is 1680. The standard InChI is InChI=1S/C28H26ClN7O2S/c29-20-4-1-3-19(17-20)25-26(39-28-31-10-8-24(38)36(25)28)23-7-9-30-27(33-23)32-21-5-2-6-22(18-21)35-13-11-34(12-14-35)15-16-37/h1-10,17-18,37H,11-16H2,(H,30,32,33). The normalized spacial score (nSPS) is 14.2. The van der Waals surface area contributed by atoms with E-state index in [0.29, 0.717) is 33.9 Å². The van der Waals surface area contributed by atoms with Crippen LogP contribution in [0.5, 0.6) is 0 Å². The minimum Gasteiger partial charge on any atom is -0.395 e. The molecule has 1 aliphatic heterocycles. The number of benzene rings is 2. The van der Waals surface area contributed by atoms with Gasteiger partial charge in [0.15, 0.2) is 4.96 Å². The molecule has 0 radical (unpaired) electrons. The fraction of sp³-hybridized carbons (Fsp3) is 0.214. The Morgan fingerprint density at radius 3 is 2.62 bits per heavy atom. The fourth-order valence-corrected chi connectivity index (χ4v) is 6.09. The third kappa shape index (κ3) is 5.37. The molecule has 0 spiro atoms. The maximum absolute atomic E-state index is 12.9. The summed E-state index contributed by atoms with van der Waals surface area (Å²) in [7, 11) is 0. The van der Waals surface area contributed by atoms with Crippen LogP contribution in [0.3, 0.4) is 0 Å². The summed E-state index contributed by atoms with van der Waals surface area (Å²) in [6.45, 7) is 4.56. The van der Waals surface area contributed by atoms with Gasteiger partial charge in [-0.05, 0) is 36.4 Å². The molecule has 6 rings (SSSR count). The zero-order valence-corrected chi connectivity index (χ0v) is 22.6. The highest BCUT2D eigenvalue weighted by Gasteiger charge is 2.20. The van der Waals surface area contributed by atoms with Gasteiger partial charge in [-0.3, -0.25) is 14.1 Å². The highest BCUT2D eigenvalue weighted by atomic mass is 35.5. The Hall–Kier alpha value is -3.83. The van der Waals surface area contributed by atoms with Crippen LogP contribution in [-0.2, 0) is 0 Å². The molecular weight excluding hydrogens is 534 g/mol. The number of nitrogens with zero attached hydrogens (tertiary/aromatic N) is 6. The molecule has 1 aliphatic rings. The Morgan fingerprint density at radius 2 is 1.79 bits per heavy atom. The average molecular weight is 560 g/mol. The Labute approximate surface area is 234 Å². The molecule has 0 atom stereocenters. The molecule has 1 fully saturated rings. The van der Waals surface area contributed by atoms with E-state index in [4.69, 9.17) is 16.6 Å². The van der Waals surface area contributed by atoms with Crippen LogP contribution in [0.4, 0.5) is 17.3 Å². The molecule has 198 valence electrons. The first-order valence-electron chi connectivity index (χ1n) is 12.6. The summed E-state index contributed by atoms with van der Waals surface area (Å²) in [6, 6.07) is 18.9. The van der Waals surface area contributed by atoms with Crippen LogP contribution < -0.4 is 15.8 Å². The molecule has 39 heavy (non-hydrogen) atoms. The lowest BCUT2D eigenvalue weighted by Gasteiger charge is -2.35. The molecule has 2 aromatic carbocycles. The van der Waals surface area contributed by atoms with Crippen molar-refractivity contribution in [2.45, 2.75) is 0 Å². The number of hydrogen-bond donors (Lipinski definition) is 2. The van der Waals surface area contributed by atoms with E-state index in [9.17, 15) is 9.90 Å². The molecular formula is C28H26ClN7O2S. The van der Waals surface area contributed by atoms with E-state index >= 15 is 0 Å². The average Bonchev–Trinajstić information content (AvgIpc) is 3.35. The summed E-state index contributed by atoms with van der Waals surface area (Å²) in [5.41, 5.74) is 4.01. The van der Waals surface area contributed by atoms with Gasteiger partial charge in [0.1, 0.15) is 0 Å². The minimum atomic E-state index is -0.168. The van der Waals surface area contributed by atoms with Crippen molar-refractivity contribution in [3.8, 4) is 21.8 Å². The number of rotatable bonds is 7. The minimum absolute atomic E-state index is 0.168. The van der Waals surface area contributed by atoms with E-state index in [1.165, 1.54) is 23.6 Å². The zero-order chi connectivity index (χ0) is 26.8. The topological polar surface area (TPSA) is 98.9 Å². The molecule has 3 aromatic heterocycles. The van der Waals surface area contributed by atoms with Gasteiger partial charge >= 0.3 is 0 Å². The van der Waals surface area contributed by atoms with E-state index in [2.05, 4.69) is 37.2 Å². The van der Waals surface area contributed by atoms with Crippen molar-refractivity contribution in [2.24, 2.45) is 0 Å². The maximum Gasteiger partial charge on any atom is 0.258 e. The van der Waals surface area contributed by atoms with Gasteiger partial charge in [-0.25, -0.2) is 15.0 Å². The summed E-state index contributed by atoms with van der Waals surface area (Å²) < 4.78 is 1.60. The lowest BCUT2D eigenvalue weighted by Crippen LogP contribution is -2.47. The summed E-state index contributed by atoms with van der Waals surface area (Å²) in [6.07, 6.45) is 3.23. The van der Waals surface area contributed by atoms with Crippen LogP contribution in [0, 0.1) is 0 Å². The lowest BCUT2D eigenvalue weighted by atomic mass is 10.1. The summed E-state index contributed by atoms with van der Waals surface area (Å²) in [4.78, 5) is 32.5. The summed E-state index contributed by atoms with van der Waals surface area (Å²) in [5.74, 6) is 0.451. The van der Waals surface area contributed by atoms with E-state index in [0.717, 1.165) is 48.0 Å². The first-order valence-corrected chi connectivity index (χ1v) is 13.8. The number of anilines is 3. The third-order valence-electron chi connectivity index (χ3n) is 6.69. The molecule has 0 aliphatic carbocycles. The van der Waals surface area contributed by atoms with E-state index in [-0.39, 0.29) is 12.2 Å². The maximum atomic E-state index is 12.9. The van der Waals surface area contributed by atoms with Crippen molar-refractivity contribution in [3.05, 3.63) is 88.4 Å². The SMILES string of the molecule is O=c1ccnc2sc(-c3ccnc(Nc4cccc(N5CCN(CCO)CC5)c4)n3)c(-c3cccc(Cl)c3)n12. The number of aromatic nitrogens is 4. The van der Waals surface area contributed by atoms with Gasteiger partial charge in [0.25, 0.3) is 5.56 Å². The van der Waals surface area contributed by atoms with Gasteiger partial charge in [-0.1, -0.05) is 41.1 Å². The zero-order valence-electron chi connectivity index (χ0n) is 21.0. The van der Waals surface area contributed by atoms with Crippen LogP contribution in [0.15, 0.2) is 77.9 Å². The van der Waals surface area contributed by atoms with Gasteiger partial charge in [0, 0.05) is 73.1 Å². The van der Waals surface area contributed by atoms with Crippen LogP contribution in [0.2, 0.25) is 5.02 Å². The highest BCUT2D eigenvalue weighted by Crippen LogP contribution is 2.38. The number of piperazine rings is 1. The van der Waals surface area contributed by atoms with E-state index in [1.807, 2.05) is 36.4 Å². The van der Waals surface area contributed by atoms with Gasteiger partial charge in [0.05, 0.1) is 22.9 Å². The van der Waals surface area contributed by atoms with Crippen molar-refractivity contribution in [2.75, 3.05) is 49.5 Å². The highest BCUT2D eigenvalue weighted by molar-refractivity contribution is 7.20. The fourth-order valence-electron chi connectivity index (χ4n) is 4.81. The first kappa shape index (κ1) is 25.4. The first-order chi connectivity index (χ1) is 19.1. The molecule has 0 unspecified atom stereocenters. The Balaban J connectivity index is 1.31. The van der Waals surface area contributed by atoms with Gasteiger partial charge in [-0.15, -0.1) is 0 Å². The molecule has 11 heteroatoms.